The number of hydrogen-bond acceptors (Lipinski definition) is 3. The molecule has 1 amide bonds. The number of piperidine rings is 1. The lowest BCUT2D eigenvalue weighted by Gasteiger charge is -2.33. The van der Waals surface area contributed by atoms with Gasteiger partial charge in [-0.15, -0.1) is 0 Å². The van der Waals surface area contributed by atoms with Crippen LogP contribution in [0.5, 0.6) is 0 Å². The van der Waals surface area contributed by atoms with Gasteiger partial charge in [-0.3, -0.25) is 9.69 Å². The molecule has 6 heteroatoms. The lowest BCUT2D eigenvalue weighted by Crippen LogP contribution is -2.50. The van der Waals surface area contributed by atoms with E-state index in [0.717, 1.165) is 38.9 Å². The van der Waals surface area contributed by atoms with E-state index in [-0.39, 0.29) is 12.5 Å². The summed E-state index contributed by atoms with van der Waals surface area (Å²) in [4.78, 5) is 21.0. The zero-order chi connectivity index (χ0) is 22.8. The lowest BCUT2D eigenvalue weighted by atomic mass is 10.0. The molecule has 1 heterocycles. The zero-order valence-electron chi connectivity index (χ0n) is 19.7. The Balaban J connectivity index is 1.58. The van der Waals surface area contributed by atoms with Crippen molar-refractivity contribution in [1.29, 1.82) is 0 Å². The smallest absolute Gasteiger partial charge is 0.241 e. The SMILES string of the molecule is CCc1ccccc1CN=C(NCC(=O)N(C)C)NC1CCN(Cc2ccccc2)CC1. The maximum atomic E-state index is 12.1. The molecule has 6 nitrogen and oxygen atoms in total. The van der Waals surface area contributed by atoms with E-state index in [1.807, 2.05) is 0 Å². The molecular formula is C26H37N5O. The van der Waals surface area contributed by atoms with Crippen molar-refractivity contribution in [2.24, 2.45) is 4.99 Å². The molecule has 2 aromatic carbocycles. The maximum absolute atomic E-state index is 12.1. The van der Waals surface area contributed by atoms with Gasteiger partial charge in [0.2, 0.25) is 5.91 Å². The fourth-order valence-electron chi connectivity index (χ4n) is 3.96. The molecule has 1 saturated heterocycles. The number of aryl methyl sites for hydroxylation is 1. The number of aliphatic imine (C=N–C) groups is 1. The third kappa shape index (κ3) is 7.38. The lowest BCUT2D eigenvalue weighted by molar-refractivity contribution is -0.127. The summed E-state index contributed by atoms with van der Waals surface area (Å²) in [6.45, 7) is 6.10. The monoisotopic (exact) mass is 435 g/mol. The predicted molar refractivity (Wildman–Crippen MR) is 132 cm³/mol. The fourth-order valence-corrected chi connectivity index (χ4v) is 3.96. The van der Waals surface area contributed by atoms with E-state index in [4.69, 9.17) is 4.99 Å². The Kier molecular flexibility index (Phi) is 9.11. The van der Waals surface area contributed by atoms with Crippen LogP contribution in [0, 0.1) is 0 Å². The molecule has 1 aliphatic rings. The van der Waals surface area contributed by atoms with Gasteiger partial charge < -0.3 is 15.5 Å². The molecule has 3 rings (SSSR count). The highest BCUT2D eigenvalue weighted by atomic mass is 16.2. The Morgan fingerprint density at radius 3 is 2.34 bits per heavy atom. The molecular weight excluding hydrogens is 398 g/mol. The Labute approximate surface area is 192 Å². The van der Waals surface area contributed by atoms with Gasteiger partial charge in [0.15, 0.2) is 5.96 Å². The molecule has 0 aromatic heterocycles. The Bertz CT molecular complexity index is 873. The summed E-state index contributed by atoms with van der Waals surface area (Å²) in [7, 11) is 3.54. The standard InChI is InChI=1S/C26H37N5O/c1-4-22-12-8-9-13-23(22)18-27-26(28-19-25(32)30(2)3)29-24-14-16-31(17-15-24)20-21-10-6-5-7-11-21/h5-13,24H,4,14-20H2,1-3H3,(H2,27,28,29). The minimum Gasteiger partial charge on any atom is -0.354 e. The van der Waals surface area contributed by atoms with Crippen LogP contribution in [0.1, 0.15) is 36.5 Å². The van der Waals surface area contributed by atoms with Crippen LogP contribution in [0.4, 0.5) is 0 Å². The van der Waals surface area contributed by atoms with Crippen LogP contribution in [0.15, 0.2) is 59.6 Å². The number of nitrogens with one attached hydrogen (secondary N) is 2. The molecule has 1 fully saturated rings. The average molecular weight is 436 g/mol. The van der Waals surface area contributed by atoms with Gasteiger partial charge in [-0.05, 0) is 36.0 Å². The van der Waals surface area contributed by atoms with Crippen LogP contribution >= 0.6 is 0 Å². The molecule has 0 unspecified atom stereocenters. The third-order valence-corrected chi connectivity index (χ3v) is 5.99. The zero-order valence-corrected chi connectivity index (χ0v) is 19.7. The first-order valence-corrected chi connectivity index (χ1v) is 11.6. The van der Waals surface area contributed by atoms with Gasteiger partial charge in [0, 0.05) is 39.8 Å². The minimum atomic E-state index is 0.0335. The highest BCUT2D eigenvalue weighted by molar-refractivity contribution is 5.86. The van der Waals surface area contributed by atoms with Crippen molar-refractivity contribution in [3.63, 3.8) is 0 Å². The molecule has 0 saturated carbocycles. The second-order valence-electron chi connectivity index (χ2n) is 8.61. The molecule has 1 aliphatic heterocycles. The Morgan fingerprint density at radius 1 is 1.03 bits per heavy atom. The van der Waals surface area contributed by atoms with Crippen LogP contribution in [-0.2, 0) is 24.3 Å². The largest absolute Gasteiger partial charge is 0.354 e. The van der Waals surface area contributed by atoms with Crippen molar-refractivity contribution in [1.82, 2.24) is 20.4 Å². The van der Waals surface area contributed by atoms with Crippen molar-refractivity contribution in [2.45, 2.75) is 45.3 Å². The van der Waals surface area contributed by atoms with Crippen molar-refractivity contribution in [3.8, 4) is 0 Å². The normalized spacial score (nSPS) is 15.4. The first-order valence-electron chi connectivity index (χ1n) is 11.6. The number of benzene rings is 2. The quantitative estimate of drug-likeness (QED) is 0.494. The summed E-state index contributed by atoms with van der Waals surface area (Å²) in [6.07, 6.45) is 3.10. The summed E-state index contributed by atoms with van der Waals surface area (Å²) in [5, 5.41) is 6.82. The number of carbonyl (C=O) groups is 1. The van der Waals surface area contributed by atoms with E-state index in [9.17, 15) is 4.79 Å². The van der Waals surface area contributed by atoms with Gasteiger partial charge in [-0.1, -0.05) is 61.5 Å². The van der Waals surface area contributed by atoms with Crippen LogP contribution in [0.2, 0.25) is 0 Å². The number of amides is 1. The van der Waals surface area contributed by atoms with E-state index >= 15 is 0 Å². The van der Waals surface area contributed by atoms with E-state index in [1.54, 1.807) is 19.0 Å². The number of likely N-dealkylation sites (N-methyl/N-ethyl adjacent to an activating group) is 1. The van der Waals surface area contributed by atoms with Crippen LogP contribution in [0.3, 0.4) is 0 Å². The summed E-state index contributed by atoms with van der Waals surface area (Å²) in [5.41, 5.74) is 3.90. The topological polar surface area (TPSA) is 60.0 Å². The van der Waals surface area contributed by atoms with Crippen molar-refractivity contribution in [3.05, 3.63) is 71.3 Å². The number of likely N-dealkylation sites (tertiary alicyclic amines) is 1. The number of guanidine groups is 1. The van der Waals surface area contributed by atoms with Crippen molar-refractivity contribution >= 4 is 11.9 Å². The molecule has 2 N–H and O–H groups in total. The first kappa shape index (κ1) is 23.8. The molecule has 0 spiro atoms. The van der Waals surface area contributed by atoms with Gasteiger partial charge in [0.05, 0.1) is 13.1 Å². The van der Waals surface area contributed by atoms with Gasteiger partial charge in [0.1, 0.15) is 0 Å². The third-order valence-electron chi connectivity index (χ3n) is 5.99. The van der Waals surface area contributed by atoms with E-state index in [2.05, 4.69) is 77.1 Å². The van der Waals surface area contributed by atoms with Crippen LogP contribution < -0.4 is 10.6 Å². The van der Waals surface area contributed by atoms with E-state index in [0.29, 0.717) is 18.5 Å². The van der Waals surface area contributed by atoms with Crippen LogP contribution in [-0.4, -0.2) is 61.4 Å². The first-order chi connectivity index (χ1) is 15.5. The van der Waals surface area contributed by atoms with Gasteiger partial charge in [0.25, 0.3) is 0 Å². The summed E-state index contributed by atoms with van der Waals surface area (Å²) >= 11 is 0. The molecule has 2 aromatic rings. The number of hydrogen-bond donors (Lipinski definition) is 2. The highest BCUT2D eigenvalue weighted by Crippen LogP contribution is 2.14. The molecule has 32 heavy (non-hydrogen) atoms. The van der Waals surface area contributed by atoms with Gasteiger partial charge in [-0.2, -0.15) is 0 Å². The van der Waals surface area contributed by atoms with Gasteiger partial charge >= 0.3 is 0 Å². The Hall–Kier alpha value is -2.86. The van der Waals surface area contributed by atoms with E-state index < -0.39 is 0 Å². The molecule has 0 radical (unpaired) electrons. The highest BCUT2D eigenvalue weighted by Gasteiger charge is 2.20. The minimum absolute atomic E-state index is 0.0335. The fraction of sp³-hybridized carbons (Fsp3) is 0.462. The second-order valence-corrected chi connectivity index (χ2v) is 8.61. The molecule has 172 valence electrons. The average Bonchev–Trinajstić information content (AvgIpc) is 2.82. The van der Waals surface area contributed by atoms with Crippen molar-refractivity contribution < 1.29 is 4.79 Å². The van der Waals surface area contributed by atoms with E-state index in [1.165, 1.54) is 16.7 Å². The molecule has 0 bridgehead atoms. The number of nitrogens with zero attached hydrogens (tertiary/aromatic N) is 3. The second kappa shape index (κ2) is 12.2. The van der Waals surface area contributed by atoms with Crippen LogP contribution in [0.25, 0.3) is 0 Å². The maximum Gasteiger partial charge on any atom is 0.241 e. The Morgan fingerprint density at radius 2 is 1.69 bits per heavy atom. The van der Waals surface area contributed by atoms with Crippen molar-refractivity contribution in [2.75, 3.05) is 33.7 Å². The summed E-state index contributed by atoms with van der Waals surface area (Å²) in [5.74, 6) is 0.749. The molecule has 0 atom stereocenters. The number of rotatable bonds is 8. The summed E-state index contributed by atoms with van der Waals surface area (Å²) in [6, 6.07) is 19.4. The predicted octanol–water partition coefficient (Wildman–Crippen LogP) is 3.04. The molecule has 0 aliphatic carbocycles. The summed E-state index contributed by atoms with van der Waals surface area (Å²) < 4.78 is 0. The number of carbonyl (C=O) groups excluding carboxylic acids is 1. The van der Waals surface area contributed by atoms with Gasteiger partial charge in [-0.25, -0.2) is 4.99 Å².